The van der Waals surface area contributed by atoms with E-state index in [4.69, 9.17) is 13.9 Å². The third-order valence-corrected chi connectivity index (χ3v) is 10.2. The molecule has 7 nitrogen and oxygen atoms in total. The van der Waals surface area contributed by atoms with E-state index in [-0.39, 0.29) is 22.7 Å². The average Bonchev–Trinajstić information content (AvgIpc) is 3.47. The normalized spacial score (nSPS) is 29.8. The van der Waals surface area contributed by atoms with Crippen LogP contribution in [0.15, 0.2) is 39.4 Å². The van der Waals surface area contributed by atoms with E-state index < -0.39 is 0 Å². The van der Waals surface area contributed by atoms with Gasteiger partial charge in [0.1, 0.15) is 0 Å². The van der Waals surface area contributed by atoms with Gasteiger partial charge in [-0.25, -0.2) is 4.98 Å². The van der Waals surface area contributed by atoms with E-state index in [1.165, 1.54) is 12.8 Å². The zero-order chi connectivity index (χ0) is 26.6. The number of rotatable bonds is 9. The molecule has 5 aliphatic rings. The number of amides is 1. The van der Waals surface area contributed by atoms with Crippen LogP contribution < -0.4 is 4.90 Å². The predicted octanol–water partition coefficient (Wildman–Crippen LogP) is 7.23. The maximum Gasteiger partial charge on any atom is 0.232 e. The van der Waals surface area contributed by atoms with Crippen LogP contribution in [0.5, 0.6) is 0 Å². The Morgan fingerprint density at radius 2 is 1.87 bits per heavy atom. The molecule has 0 spiro atoms. The quantitative estimate of drug-likeness (QED) is 0.291. The molecular weight excluding hydrogens is 488 g/mol. The molecule has 8 rings (SSSR count). The van der Waals surface area contributed by atoms with Gasteiger partial charge in [-0.05, 0) is 94.1 Å². The summed E-state index contributed by atoms with van der Waals surface area (Å²) in [6.45, 7) is 5.16. The van der Waals surface area contributed by atoms with Crippen molar-refractivity contribution in [3.05, 3.63) is 48.1 Å². The van der Waals surface area contributed by atoms with E-state index in [1.807, 2.05) is 12.3 Å². The second-order valence-electron chi connectivity index (χ2n) is 13.1. The molecular formula is C32H40N4O3. The molecule has 3 aromatic rings. The third-order valence-electron chi connectivity index (χ3n) is 10.2. The minimum absolute atomic E-state index is 0.0303. The van der Waals surface area contributed by atoms with Crippen molar-refractivity contribution >= 4 is 11.6 Å². The van der Waals surface area contributed by atoms with Gasteiger partial charge in [0.05, 0.1) is 6.20 Å². The zero-order valence-electron chi connectivity index (χ0n) is 23.3. The minimum atomic E-state index is 0.0303. The Kier molecular flexibility index (Phi) is 6.16. The number of oxazole rings is 1. The van der Waals surface area contributed by atoms with Crippen LogP contribution in [0.2, 0.25) is 0 Å². The molecule has 2 aromatic heterocycles. The second-order valence-corrected chi connectivity index (χ2v) is 13.1. The first-order valence-corrected chi connectivity index (χ1v) is 15.2. The Morgan fingerprint density at radius 1 is 1.10 bits per heavy atom. The van der Waals surface area contributed by atoms with Crippen molar-refractivity contribution in [2.45, 2.75) is 102 Å². The Bertz CT molecular complexity index is 1320. The number of carbonyl (C=O) groups is 1. The summed E-state index contributed by atoms with van der Waals surface area (Å²) in [4.78, 5) is 25.4. The van der Waals surface area contributed by atoms with Gasteiger partial charge in [-0.15, -0.1) is 0 Å². The van der Waals surface area contributed by atoms with Gasteiger partial charge in [-0.3, -0.25) is 4.79 Å². The summed E-state index contributed by atoms with van der Waals surface area (Å²) in [6.07, 6.45) is 14.5. The second kappa shape index (κ2) is 9.60. The minimum Gasteiger partial charge on any atom is -0.441 e. The largest absolute Gasteiger partial charge is 0.441 e. The van der Waals surface area contributed by atoms with E-state index in [1.54, 1.807) is 0 Å². The van der Waals surface area contributed by atoms with Crippen molar-refractivity contribution in [1.29, 1.82) is 0 Å². The van der Waals surface area contributed by atoms with Crippen LogP contribution in [0, 0.1) is 17.3 Å². The number of hydrogen-bond acceptors (Lipinski definition) is 6. The van der Waals surface area contributed by atoms with Gasteiger partial charge in [0.2, 0.25) is 11.8 Å². The fraction of sp³-hybridized carbons (Fsp3) is 0.625. The van der Waals surface area contributed by atoms with E-state index in [0.29, 0.717) is 11.8 Å². The van der Waals surface area contributed by atoms with Crippen molar-refractivity contribution in [2.75, 3.05) is 11.4 Å². The molecule has 0 N–H and O–H groups in total. The van der Waals surface area contributed by atoms with Crippen LogP contribution in [0.4, 0.5) is 5.69 Å². The summed E-state index contributed by atoms with van der Waals surface area (Å²) < 4.78 is 11.9. The molecule has 0 aliphatic heterocycles. The first kappa shape index (κ1) is 25.0. The van der Waals surface area contributed by atoms with Crippen molar-refractivity contribution in [1.82, 2.24) is 15.1 Å². The highest BCUT2D eigenvalue weighted by molar-refractivity contribution is 5.96. The van der Waals surface area contributed by atoms with Crippen LogP contribution in [0.25, 0.3) is 11.3 Å². The highest BCUT2D eigenvalue weighted by Crippen LogP contribution is 2.58. The molecule has 5 fully saturated rings. The number of aryl methyl sites for hydroxylation is 1. The monoisotopic (exact) mass is 528 g/mol. The summed E-state index contributed by atoms with van der Waals surface area (Å²) in [7, 11) is 0. The Morgan fingerprint density at radius 3 is 2.56 bits per heavy atom. The maximum atomic E-state index is 14.0. The number of nitrogens with zero attached hydrogens (tertiary/aromatic N) is 4. The highest BCUT2D eigenvalue weighted by Gasteiger charge is 2.53. The van der Waals surface area contributed by atoms with Gasteiger partial charge >= 0.3 is 0 Å². The molecule has 1 aromatic carbocycles. The van der Waals surface area contributed by atoms with E-state index in [2.05, 4.69) is 47.1 Å². The number of carbonyl (C=O) groups excluding carboxylic acids is 1. The average molecular weight is 529 g/mol. The summed E-state index contributed by atoms with van der Waals surface area (Å²) >= 11 is 0. The summed E-state index contributed by atoms with van der Waals surface area (Å²) in [5.74, 6) is 4.91. The van der Waals surface area contributed by atoms with Gasteiger partial charge in [-0.1, -0.05) is 31.1 Å². The first-order valence-electron chi connectivity index (χ1n) is 15.2. The summed E-state index contributed by atoms with van der Waals surface area (Å²) in [5.41, 5.74) is 2.13. The lowest BCUT2D eigenvalue weighted by Gasteiger charge is -2.53. The number of hydrogen-bond donors (Lipinski definition) is 0. The lowest BCUT2D eigenvalue weighted by molar-refractivity contribution is -0.126. The lowest BCUT2D eigenvalue weighted by atomic mass is 9.53. The Hall–Kier alpha value is -2.96. The summed E-state index contributed by atoms with van der Waals surface area (Å²) in [6, 6.07) is 8.33. The van der Waals surface area contributed by atoms with Crippen LogP contribution in [0.3, 0.4) is 0 Å². The van der Waals surface area contributed by atoms with Gasteiger partial charge < -0.3 is 13.8 Å². The van der Waals surface area contributed by atoms with Crippen LogP contribution in [-0.4, -0.2) is 27.6 Å². The molecule has 5 saturated carbocycles. The van der Waals surface area contributed by atoms with Gasteiger partial charge in [0, 0.05) is 41.5 Å². The van der Waals surface area contributed by atoms with Crippen molar-refractivity contribution in [3.8, 4) is 11.3 Å². The third kappa shape index (κ3) is 4.62. The first-order chi connectivity index (χ1) is 19.0. The van der Waals surface area contributed by atoms with Crippen LogP contribution in [0.1, 0.15) is 108 Å². The van der Waals surface area contributed by atoms with Crippen molar-refractivity contribution in [2.24, 2.45) is 17.3 Å². The molecule has 2 heterocycles. The SMILES string of the molecule is CCCc1ncc(-c2cccc(N(CC34CCC(c5nc(C6CC6)no5)(CC3)CC4)C(=O)C3CC(C)C3)c2)o1. The molecule has 206 valence electrons. The van der Waals surface area contributed by atoms with Crippen molar-refractivity contribution in [3.63, 3.8) is 0 Å². The van der Waals surface area contributed by atoms with Gasteiger partial charge in [-0.2, -0.15) is 4.98 Å². The maximum absolute atomic E-state index is 14.0. The molecule has 0 atom stereocenters. The van der Waals surface area contributed by atoms with E-state index in [0.717, 1.165) is 105 Å². The standard InChI is InChI=1S/C32H40N4O3/c1-3-5-27-33-19-26(38-27)23-6-4-7-25(18-23)36(29(37)24-16-21(2)17-24)20-31-10-13-32(14-11-31,15-12-31)30-34-28(35-39-30)22-8-9-22/h4,6-7,18-19,21-22,24H,3,5,8-17,20H2,1-2H3. The van der Waals surface area contributed by atoms with Gasteiger partial charge in [0.15, 0.2) is 17.5 Å². The molecule has 5 aliphatic carbocycles. The van der Waals surface area contributed by atoms with Crippen LogP contribution in [-0.2, 0) is 16.6 Å². The van der Waals surface area contributed by atoms with Gasteiger partial charge in [0.25, 0.3) is 0 Å². The lowest BCUT2D eigenvalue weighted by Crippen LogP contribution is -2.52. The molecule has 2 bridgehead atoms. The highest BCUT2D eigenvalue weighted by atomic mass is 16.5. The molecule has 7 heteroatoms. The zero-order valence-corrected chi connectivity index (χ0v) is 23.3. The smallest absolute Gasteiger partial charge is 0.232 e. The van der Waals surface area contributed by atoms with E-state index in [9.17, 15) is 4.79 Å². The molecule has 1 amide bonds. The van der Waals surface area contributed by atoms with E-state index >= 15 is 0 Å². The number of anilines is 1. The molecule has 0 saturated heterocycles. The fourth-order valence-corrected chi connectivity index (χ4v) is 7.34. The molecule has 39 heavy (non-hydrogen) atoms. The Labute approximate surface area is 230 Å². The fourth-order valence-electron chi connectivity index (χ4n) is 7.34. The Balaban J connectivity index is 1.13. The number of aromatic nitrogens is 3. The summed E-state index contributed by atoms with van der Waals surface area (Å²) in [5, 5.41) is 4.33. The topological polar surface area (TPSA) is 85.3 Å². The number of benzene rings is 1. The number of fused-ring (bicyclic) bond motifs is 3. The predicted molar refractivity (Wildman–Crippen MR) is 148 cm³/mol. The molecule has 0 unspecified atom stereocenters. The van der Waals surface area contributed by atoms with Crippen molar-refractivity contribution < 1.29 is 13.7 Å². The van der Waals surface area contributed by atoms with Crippen LogP contribution >= 0.6 is 0 Å². The molecule has 0 radical (unpaired) electrons.